The summed E-state index contributed by atoms with van der Waals surface area (Å²) in [6, 6.07) is 3.87. The van der Waals surface area contributed by atoms with Gasteiger partial charge in [-0.15, -0.1) is 0 Å². The molecule has 0 bridgehead atoms. The van der Waals surface area contributed by atoms with Crippen LogP contribution in [0.1, 0.15) is 31.0 Å². The minimum atomic E-state index is -0.0168. The van der Waals surface area contributed by atoms with E-state index in [0.29, 0.717) is 11.6 Å². The molecule has 4 heteroatoms. The first-order valence-electron chi connectivity index (χ1n) is 5.18. The van der Waals surface area contributed by atoms with Gasteiger partial charge in [0.25, 0.3) is 0 Å². The van der Waals surface area contributed by atoms with Crippen LogP contribution in [0.5, 0.6) is 0 Å². The second kappa shape index (κ2) is 3.89. The van der Waals surface area contributed by atoms with Gasteiger partial charge in [0.05, 0.1) is 11.7 Å². The van der Waals surface area contributed by atoms with Crippen LogP contribution in [-0.2, 0) is 0 Å². The molecule has 2 aromatic heterocycles. The highest BCUT2D eigenvalue weighted by Crippen LogP contribution is 2.19. The minimum absolute atomic E-state index is 0.0168. The summed E-state index contributed by atoms with van der Waals surface area (Å²) < 4.78 is 0. The number of pyridine rings is 2. The SMILES string of the molecule is CC(C)c1cnc2cnc(C(=N)N)cc2c1. The third-order valence-corrected chi connectivity index (χ3v) is 2.53. The fourth-order valence-corrected chi connectivity index (χ4v) is 1.51. The zero-order valence-electron chi connectivity index (χ0n) is 9.36. The molecular formula is C12H14N4. The number of fused-ring (bicyclic) bond motifs is 1. The van der Waals surface area contributed by atoms with Gasteiger partial charge in [0.1, 0.15) is 11.5 Å². The topological polar surface area (TPSA) is 75.7 Å². The van der Waals surface area contributed by atoms with Gasteiger partial charge in [0, 0.05) is 11.6 Å². The Hall–Kier alpha value is -1.97. The van der Waals surface area contributed by atoms with Crippen molar-refractivity contribution in [3.63, 3.8) is 0 Å². The second-order valence-corrected chi connectivity index (χ2v) is 4.10. The molecule has 0 atom stereocenters. The molecule has 4 nitrogen and oxygen atoms in total. The Kier molecular flexibility index (Phi) is 2.56. The Morgan fingerprint density at radius 2 is 2.00 bits per heavy atom. The van der Waals surface area contributed by atoms with E-state index in [-0.39, 0.29) is 5.84 Å². The van der Waals surface area contributed by atoms with E-state index in [1.165, 1.54) is 5.56 Å². The molecule has 0 radical (unpaired) electrons. The van der Waals surface area contributed by atoms with Crippen molar-refractivity contribution in [1.29, 1.82) is 5.41 Å². The highest BCUT2D eigenvalue weighted by Gasteiger charge is 2.04. The van der Waals surface area contributed by atoms with Crippen molar-refractivity contribution in [2.75, 3.05) is 0 Å². The average Bonchev–Trinajstić information content (AvgIpc) is 2.27. The summed E-state index contributed by atoms with van der Waals surface area (Å²) in [4.78, 5) is 8.40. The van der Waals surface area contributed by atoms with Crippen molar-refractivity contribution in [3.05, 3.63) is 35.8 Å². The highest BCUT2D eigenvalue weighted by atomic mass is 14.8. The molecule has 0 aliphatic carbocycles. The van der Waals surface area contributed by atoms with Gasteiger partial charge in [-0.05, 0) is 23.6 Å². The molecule has 0 fully saturated rings. The lowest BCUT2D eigenvalue weighted by Gasteiger charge is -2.06. The summed E-state index contributed by atoms with van der Waals surface area (Å²) in [6.45, 7) is 4.24. The van der Waals surface area contributed by atoms with Crippen LogP contribution in [-0.4, -0.2) is 15.8 Å². The Labute approximate surface area is 94.0 Å². The predicted octanol–water partition coefficient (Wildman–Crippen LogP) is 2.04. The largest absolute Gasteiger partial charge is 0.382 e. The van der Waals surface area contributed by atoms with Crippen LogP contribution in [0.15, 0.2) is 24.5 Å². The Bertz CT molecular complexity index is 546. The summed E-state index contributed by atoms with van der Waals surface area (Å²) in [7, 11) is 0. The maximum Gasteiger partial charge on any atom is 0.141 e. The molecule has 3 N–H and O–H groups in total. The molecule has 0 spiro atoms. The van der Waals surface area contributed by atoms with Gasteiger partial charge in [-0.2, -0.15) is 0 Å². The van der Waals surface area contributed by atoms with Gasteiger partial charge in [0.15, 0.2) is 0 Å². The fourth-order valence-electron chi connectivity index (χ4n) is 1.51. The van der Waals surface area contributed by atoms with Crippen molar-refractivity contribution < 1.29 is 0 Å². The number of nitrogens with two attached hydrogens (primary N) is 1. The van der Waals surface area contributed by atoms with Crippen LogP contribution in [0.3, 0.4) is 0 Å². The Morgan fingerprint density at radius 3 is 2.62 bits per heavy atom. The number of hydrogen-bond acceptors (Lipinski definition) is 3. The summed E-state index contributed by atoms with van der Waals surface area (Å²) in [5.41, 5.74) is 7.90. The molecule has 2 aromatic rings. The van der Waals surface area contributed by atoms with Gasteiger partial charge in [0.2, 0.25) is 0 Å². The van der Waals surface area contributed by atoms with E-state index in [2.05, 4.69) is 29.9 Å². The normalized spacial score (nSPS) is 10.9. The number of rotatable bonds is 2. The van der Waals surface area contributed by atoms with E-state index in [9.17, 15) is 0 Å². The molecule has 82 valence electrons. The molecule has 0 saturated heterocycles. The zero-order chi connectivity index (χ0) is 11.7. The molecule has 0 amide bonds. The average molecular weight is 214 g/mol. The van der Waals surface area contributed by atoms with Gasteiger partial charge in [-0.25, -0.2) is 0 Å². The van der Waals surface area contributed by atoms with E-state index in [0.717, 1.165) is 10.9 Å². The molecule has 0 aliphatic heterocycles. The lowest BCUT2D eigenvalue weighted by atomic mass is 10.0. The maximum atomic E-state index is 7.34. The van der Waals surface area contributed by atoms with Crippen LogP contribution in [0.4, 0.5) is 0 Å². The van der Waals surface area contributed by atoms with E-state index >= 15 is 0 Å². The summed E-state index contributed by atoms with van der Waals surface area (Å²) in [5.74, 6) is 0.419. The van der Waals surface area contributed by atoms with Crippen LogP contribution < -0.4 is 5.73 Å². The summed E-state index contributed by atoms with van der Waals surface area (Å²) in [6.07, 6.45) is 3.51. The van der Waals surface area contributed by atoms with Gasteiger partial charge < -0.3 is 5.73 Å². The van der Waals surface area contributed by atoms with Crippen LogP contribution >= 0.6 is 0 Å². The summed E-state index contributed by atoms with van der Waals surface area (Å²) in [5, 5.41) is 8.32. The lowest BCUT2D eigenvalue weighted by Crippen LogP contribution is -2.12. The molecule has 0 unspecified atom stereocenters. The Morgan fingerprint density at radius 1 is 1.25 bits per heavy atom. The van der Waals surface area contributed by atoms with E-state index in [1.807, 2.05) is 6.20 Å². The maximum absolute atomic E-state index is 7.34. The molecule has 0 aromatic carbocycles. The standard InChI is InChI=1S/C12H14N4/c1-7(2)9-3-8-4-10(12(13)14)16-6-11(8)15-5-9/h3-7H,1-2H3,(H3,13,14). The van der Waals surface area contributed by atoms with Crippen molar-refractivity contribution in [2.45, 2.75) is 19.8 Å². The molecule has 16 heavy (non-hydrogen) atoms. The highest BCUT2D eigenvalue weighted by molar-refractivity contribution is 5.96. The Balaban J connectivity index is 2.61. The molecule has 2 heterocycles. The quantitative estimate of drug-likeness (QED) is 0.593. The molecular weight excluding hydrogens is 200 g/mol. The van der Waals surface area contributed by atoms with Gasteiger partial charge >= 0.3 is 0 Å². The number of hydrogen-bond donors (Lipinski definition) is 2. The van der Waals surface area contributed by atoms with Crippen molar-refractivity contribution in [2.24, 2.45) is 5.73 Å². The van der Waals surface area contributed by atoms with Crippen molar-refractivity contribution in [1.82, 2.24) is 9.97 Å². The lowest BCUT2D eigenvalue weighted by molar-refractivity contribution is 0.862. The van der Waals surface area contributed by atoms with Crippen LogP contribution in [0, 0.1) is 5.41 Å². The first-order valence-corrected chi connectivity index (χ1v) is 5.18. The number of nitrogens with one attached hydrogen (secondary N) is 1. The number of nitrogen functional groups attached to an aromatic ring is 1. The van der Waals surface area contributed by atoms with Crippen LogP contribution in [0.2, 0.25) is 0 Å². The fraction of sp³-hybridized carbons (Fsp3) is 0.250. The third-order valence-electron chi connectivity index (χ3n) is 2.53. The predicted molar refractivity (Wildman–Crippen MR) is 64.6 cm³/mol. The zero-order valence-corrected chi connectivity index (χ0v) is 9.36. The van der Waals surface area contributed by atoms with Crippen molar-refractivity contribution >= 4 is 16.7 Å². The first kappa shape index (κ1) is 10.5. The molecule has 0 saturated carbocycles. The van der Waals surface area contributed by atoms with E-state index in [4.69, 9.17) is 11.1 Å². The second-order valence-electron chi connectivity index (χ2n) is 4.10. The number of amidine groups is 1. The first-order chi connectivity index (χ1) is 7.58. The van der Waals surface area contributed by atoms with Gasteiger partial charge in [-0.3, -0.25) is 15.4 Å². The summed E-state index contributed by atoms with van der Waals surface area (Å²) >= 11 is 0. The molecule has 2 rings (SSSR count). The van der Waals surface area contributed by atoms with E-state index in [1.54, 1.807) is 12.3 Å². The van der Waals surface area contributed by atoms with E-state index < -0.39 is 0 Å². The van der Waals surface area contributed by atoms with Gasteiger partial charge in [-0.1, -0.05) is 13.8 Å². The van der Waals surface area contributed by atoms with Crippen molar-refractivity contribution in [3.8, 4) is 0 Å². The third kappa shape index (κ3) is 1.86. The molecule has 0 aliphatic rings. The minimum Gasteiger partial charge on any atom is -0.382 e. The monoisotopic (exact) mass is 214 g/mol. The smallest absolute Gasteiger partial charge is 0.141 e. The number of aromatic nitrogens is 2. The van der Waals surface area contributed by atoms with Crippen LogP contribution in [0.25, 0.3) is 10.9 Å². The number of nitrogens with zero attached hydrogens (tertiary/aromatic N) is 2.